The minimum absolute atomic E-state index is 0.0110. The van der Waals surface area contributed by atoms with Crippen LogP contribution in [-0.4, -0.2) is 25.5 Å². The molecule has 160 valence electrons. The largest absolute Gasteiger partial charge is 0.488 e. The molecular formula is C24H20N4O4. The van der Waals surface area contributed by atoms with Crippen LogP contribution in [0.3, 0.4) is 0 Å². The van der Waals surface area contributed by atoms with Crippen molar-refractivity contribution in [1.82, 2.24) is 14.8 Å². The second-order valence-electron chi connectivity index (χ2n) is 7.29. The minimum atomic E-state index is -0.449. The van der Waals surface area contributed by atoms with Gasteiger partial charge in [-0.1, -0.05) is 24.3 Å². The van der Waals surface area contributed by atoms with Gasteiger partial charge in [-0.3, -0.25) is 24.6 Å². The van der Waals surface area contributed by atoms with E-state index < -0.39 is 4.92 Å². The Kier molecular flexibility index (Phi) is 6.03. The summed E-state index contributed by atoms with van der Waals surface area (Å²) < 4.78 is 7.69. The Morgan fingerprint density at radius 2 is 1.91 bits per heavy atom. The van der Waals surface area contributed by atoms with E-state index in [1.165, 1.54) is 12.1 Å². The van der Waals surface area contributed by atoms with E-state index in [2.05, 4.69) is 10.1 Å². The maximum atomic E-state index is 13.0. The molecule has 0 amide bonds. The molecule has 0 atom stereocenters. The molecule has 2 aromatic heterocycles. The standard InChI is InChI=1S/C24H20N4O4/c1-27-15-20(14-26-27)19-7-8-22(23(29)11-17-5-3-9-25-13-17)24(12-19)32-16-18-4-2-6-21(10-18)28(30)31/h2-10,12-15H,11,16H2,1H3. The summed E-state index contributed by atoms with van der Waals surface area (Å²) in [4.78, 5) is 27.7. The molecule has 2 aromatic carbocycles. The highest BCUT2D eigenvalue weighted by Gasteiger charge is 2.16. The number of nitro groups is 1. The molecule has 0 radical (unpaired) electrons. The molecule has 0 unspecified atom stereocenters. The predicted molar refractivity (Wildman–Crippen MR) is 118 cm³/mol. The van der Waals surface area contributed by atoms with Crippen molar-refractivity contribution in [2.24, 2.45) is 7.05 Å². The van der Waals surface area contributed by atoms with Gasteiger partial charge in [-0.25, -0.2) is 0 Å². The van der Waals surface area contributed by atoms with Crippen molar-refractivity contribution in [3.8, 4) is 16.9 Å². The number of nitro benzene ring substituents is 1. The number of hydrogen-bond donors (Lipinski definition) is 0. The van der Waals surface area contributed by atoms with E-state index in [0.29, 0.717) is 16.9 Å². The fraction of sp³-hybridized carbons (Fsp3) is 0.125. The van der Waals surface area contributed by atoms with Crippen LogP contribution in [-0.2, 0) is 20.1 Å². The highest BCUT2D eigenvalue weighted by molar-refractivity contribution is 6.00. The Balaban J connectivity index is 1.64. The first kappa shape index (κ1) is 20.9. The summed E-state index contributed by atoms with van der Waals surface area (Å²) in [5.74, 6) is 0.302. The van der Waals surface area contributed by atoms with Crippen LogP contribution in [0, 0.1) is 10.1 Å². The molecule has 0 aliphatic carbocycles. The Hall–Kier alpha value is -4.33. The number of Topliss-reactive ketones (excluding diaryl/α,β-unsaturated/α-hetero) is 1. The van der Waals surface area contributed by atoms with Crippen molar-refractivity contribution in [3.05, 3.63) is 106 Å². The monoisotopic (exact) mass is 428 g/mol. The van der Waals surface area contributed by atoms with Gasteiger partial charge in [0.25, 0.3) is 5.69 Å². The lowest BCUT2D eigenvalue weighted by Crippen LogP contribution is -2.08. The average Bonchev–Trinajstić information content (AvgIpc) is 3.24. The summed E-state index contributed by atoms with van der Waals surface area (Å²) >= 11 is 0. The van der Waals surface area contributed by atoms with Gasteiger partial charge in [-0.2, -0.15) is 5.10 Å². The van der Waals surface area contributed by atoms with Crippen molar-refractivity contribution in [2.45, 2.75) is 13.0 Å². The van der Waals surface area contributed by atoms with Gasteiger partial charge in [-0.15, -0.1) is 0 Å². The highest BCUT2D eigenvalue weighted by Crippen LogP contribution is 2.29. The van der Waals surface area contributed by atoms with Crippen molar-refractivity contribution in [2.75, 3.05) is 0 Å². The zero-order chi connectivity index (χ0) is 22.5. The quantitative estimate of drug-likeness (QED) is 0.234. The number of hydrogen-bond acceptors (Lipinski definition) is 6. The summed E-state index contributed by atoms with van der Waals surface area (Å²) in [5, 5.41) is 15.2. The Labute approximate surface area is 184 Å². The summed E-state index contributed by atoms with van der Waals surface area (Å²) in [6.45, 7) is 0.0886. The lowest BCUT2D eigenvalue weighted by atomic mass is 10.00. The highest BCUT2D eigenvalue weighted by atomic mass is 16.6. The van der Waals surface area contributed by atoms with E-state index in [4.69, 9.17) is 4.74 Å². The third-order valence-corrected chi connectivity index (χ3v) is 4.92. The number of ether oxygens (including phenoxy) is 1. The van der Waals surface area contributed by atoms with E-state index in [9.17, 15) is 14.9 Å². The third kappa shape index (κ3) is 4.86. The average molecular weight is 428 g/mol. The zero-order valence-corrected chi connectivity index (χ0v) is 17.3. The van der Waals surface area contributed by atoms with Crippen LogP contribution in [0.25, 0.3) is 11.1 Å². The number of carbonyl (C=O) groups is 1. The molecule has 0 fully saturated rings. The molecule has 8 nitrogen and oxygen atoms in total. The van der Waals surface area contributed by atoms with Crippen LogP contribution in [0.1, 0.15) is 21.5 Å². The van der Waals surface area contributed by atoms with Gasteiger partial charge in [0.05, 0.1) is 16.7 Å². The number of benzene rings is 2. The fourth-order valence-corrected chi connectivity index (χ4v) is 3.33. The van der Waals surface area contributed by atoms with Gasteiger partial charge in [0.1, 0.15) is 12.4 Å². The van der Waals surface area contributed by atoms with Crippen molar-refractivity contribution >= 4 is 11.5 Å². The van der Waals surface area contributed by atoms with Crippen molar-refractivity contribution in [3.63, 3.8) is 0 Å². The van der Waals surface area contributed by atoms with Gasteiger partial charge in [0.15, 0.2) is 5.78 Å². The lowest BCUT2D eigenvalue weighted by molar-refractivity contribution is -0.384. The summed E-state index contributed by atoms with van der Waals surface area (Å²) in [6, 6.07) is 15.3. The molecule has 2 heterocycles. The molecule has 0 aliphatic rings. The molecule has 32 heavy (non-hydrogen) atoms. The van der Waals surface area contributed by atoms with Crippen LogP contribution >= 0.6 is 0 Å². The molecule has 8 heteroatoms. The predicted octanol–water partition coefficient (Wildman–Crippen LogP) is 4.39. The minimum Gasteiger partial charge on any atom is -0.488 e. The maximum Gasteiger partial charge on any atom is 0.269 e. The first-order valence-electron chi connectivity index (χ1n) is 9.91. The van der Waals surface area contributed by atoms with E-state index in [0.717, 1.165) is 16.7 Å². The van der Waals surface area contributed by atoms with Crippen LogP contribution in [0.15, 0.2) is 79.4 Å². The molecule has 0 bridgehead atoms. The van der Waals surface area contributed by atoms with Gasteiger partial charge >= 0.3 is 0 Å². The molecular weight excluding hydrogens is 408 g/mol. The number of nitrogens with zero attached hydrogens (tertiary/aromatic N) is 4. The first-order chi connectivity index (χ1) is 15.5. The van der Waals surface area contributed by atoms with Gasteiger partial charge in [0, 0.05) is 49.8 Å². The van der Waals surface area contributed by atoms with Crippen LogP contribution < -0.4 is 4.74 Å². The summed E-state index contributed by atoms with van der Waals surface area (Å²) in [6.07, 6.45) is 7.11. The number of aryl methyl sites for hydroxylation is 1. The van der Waals surface area contributed by atoms with Crippen LogP contribution in [0.2, 0.25) is 0 Å². The fourth-order valence-electron chi connectivity index (χ4n) is 3.33. The van der Waals surface area contributed by atoms with Gasteiger partial charge in [0.2, 0.25) is 0 Å². The second kappa shape index (κ2) is 9.22. The van der Waals surface area contributed by atoms with Crippen LogP contribution in [0.5, 0.6) is 5.75 Å². The lowest BCUT2D eigenvalue weighted by Gasteiger charge is -2.13. The molecule has 0 aliphatic heterocycles. The van der Waals surface area contributed by atoms with Crippen LogP contribution in [0.4, 0.5) is 5.69 Å². The Morgan fingerprint density at radius 3 is 2.62 bits per heavy atom. The summed E-state index contributed by atoms with van der Waals surface area (Å²) in [7, 11) is 1.83. The van der Waals surface area contributed by atoms with Gasteiger partial charge in [-0.05, 0) is 34.9 Å². The summed E-state index contributed by atoms with van der Waals surface area (Å²) in [5.41, 5.74) is 3.61. The number of pyridine rings is 1. The van der Waals surface area contributed by atoms with Crippen molar-refractivity contribution in [1.29, 1.82) is 0 Å². The van der Waals surface area contributed by atoms with Crippen molar-refractivity contribution < 1.29 is 14.5 Å². The number of rotatable bonds is 8. The normalized spacial score (nSPS) is 10.7. The smallest absolute Gasteiger partial charge is 0.269 e. The molecule has 0 N–H and O–H groups in total. The topological polar surface area (TPSA) is 100 Å². The molecule has 4 aromatic rings. The third-order valence-electron chi connectivity index (χ3n) is 4.92. The van der Waals surface area contributed by atoms with E-state index in [-0.39, 0.29) is 24.5 Å². The number of ketones is 1. The molecule has 0 saturated heterocycles. The molecule has 0 saturated carbocycles. The van der Waals surface area contributed by atoms with E-state index in [1.807, 2.05) is 25.4 Å². The van der Waals surface area contributed by atoms with E-state index >= 15 is 0 Å². The Bertz CT molecular complexity index is 1270. The zero-order valence-electron chi connectivity index (χ0n) is 17.3. The van der Waals surface area contributed by atoms with E-state index in [1.54, 1.807) is 53.6 Å². The first-order valence-corrected chi connectivity index (χ1v) is 9.91. The number of aromatic nitrogens is 3. The Morgan fingerprint density at radius 1 is 1.06 bits per heavy atom. The number of carbonyl (C=O) groups excluding carboxylic acids is 1. The second-order valence-corrected chi connectivity index (χ2v) is 7.29. The molecule has 4 rings (SSSR count). The number of non-ortho nitro benzene ring substituents is 1. The van der Waals surface area contributed by atoms with Gasteiger partial charge < -0.3 is 4.74 Å². The molecule has 0 spiro atoms. The maximum absolute atomic E-state index is 13.0. The SMILES string of the molecule is Cn1cc(-c2ccc(C(=O)Cc3cccnc3)c(OCc3cccc([N+](=O)[O-])c3)c2)cn1.